The number of nitrogens with one attached hydrogen (secondary N) is 1. The second-order valence-corrected chi connectivity index (χ2v) is 5.39. The van der Waals surface area contributed by atoms with E-state index in [1.54, 1.807) is 43.3 Å². The summed E-state index contributed by atoms with van der Waals surface area (Å²) in [5.41, 5.74) is 1.06. The van der Waals surface area contributed by atoms with E-state index in [9.17, 15) is 13.6 Å². The van der Waals surface area contributed by atoms with E-state index >= 15 is 0 Å². The van der Waals surface area contributed by atoms with Crippen LogP contribution in [0.5, 0.6) is 0 Å². The zero-order valence-corrected chi connectivity index (χ0v) is 12.9. The van der Waals surface area contributed by atoms with Crippen LogP contribution in [-0.2, 0) is 0 Å². The van der Waals surface area contributed by atoms with Crippen LogP contribution in [0.1, 0.15) is 29.1 Å². The van der Waals surface area contributed by atoms with Crippen LogP contribution in [0.25, 0.3) is 11.3 Å². The van der Waals surface area contributed by atoms with Crippen molar-refractivity contribution in [2.45, 2.75) is 13.0 Å². The van der Waals surface area contributed by atoms with Gasteiger partial charge < -0.3 is 9.73 Å². The molecule has 1 N–H and O–H groups in total. The summed E-state index contributed by atoms with van der Waals surface area (Å²) in [6.07, 6.45) is 0. The van der Waals surface area contributed by atoms with Gasteiger partial charge in [-0.05, 0) is 48.9 Å². The molecule has 0 aliphatic heterocycles. The van der Waals surface area contributed by atoms with E-state index in [1.807, 2.05) is 0 Å². The van der Waals surface area contributed by atoms with Gasteiger partial charge in [-0.2, -0.15) is 0 Å². The Morgan fingerprint density at radius 1 is 1.00 bits per heavy atom. The SMILES string of the molecule is C[C@@H](NC(=O)c1ccc(-c2ccccc2F)o1)c1ccc(F)cc1. The summed E-state index contributed by atoms with van der Waals surface area (Å²) in [6.45, 7) is 1.78. The highest BCUT2D eigenvalue weighted by Crippen LogP contribution is 2.25. The molecule has 1 atom stereocenters. The first-order valence-corrected chi connectivity index (χ1v) is 7.45. The zero-order chi connectivity index (χ0) is 17.1. The molecule has 0 unspecified atom stereocenters. The fourth-order valence-corrected chi connectivity index (χ4v) is 2.37. The summed E-state index contributed by atoms with van der Waals surface area (Å²) >= 11 is 0. The van der Waals surface area contributed by atoms with Gasteiger partial charge in [0.05, 0.1) is 11.6 Å². The number of rotatable bonds is 4. The maximum atomic E-state index is 13.8. The van der Waals surface area contributed by atoms with E-state index in [-0.39, 0.29) is 23.4 Å². The predicted octanol–water partition coefficient (Wildman–Crippen LogP) is 4.72. The highest BCUT2D eigenvalue weighted by molar-refractivity contribution is 5.92. The van der Waals surface area contributed by atoms with E-state index < -0.39 is 11.7 Å². The second-order valence-electron chi connectivity index (χ2n) is 5.39. The molecule has 5 heteroatoms. The fourth-order valence-electron chi connectivity index (χ4n) is 2.37. The minimum absolute atomic E-state index is 0.0854. The van der Waals surface area contributed by atoms with Crippen LogP contribution in [0.15, 0.2) is 65.1 Å². The lowest BCUT2D eigenvalue weighted by atomic mass is 10.1. The Kier molecular flexibility index (Phi) is 4.42. The lowest BCUT2D eigenvalue weighted by Gasteiger charge is -2.13. The van der Waals surface area contributed by atoms with Crippen LogP contribution in [0.2, 0.25) is 0 Å². The molecule has 122 valence electrons. The maximum Gasteiger partial charge on any atom is 0.287 e. The van der Waals surface area contributed by atoms with E-state index in [2.05, 4.69) is 5.32 Å². The molecule has 0 saturated heterocycles. The molecule has 3 rings (SSSR count). The Morgan fingerprint density at radius 2 is 1.71 bits per heavy atom. The van der Waals surface area contributed by atoms with Gasteiger partial charge in [0.15, 0.2) is 5.76 Å². The second kappa shape index (κ2) is 6.66. The van der Waals surface area contributed by atoms with Crippen molar-refractivity contribution in [3.05, 3.63) is 83.6 Å². The van der Waals surface area contributed by atoms with Crippen molar-refractivity contribution in [1.82, 2.24) is 5.32 Å². The normalized spacial score (nSPS) is 12.0. The van der Waals surface area contributed by atoms with Gasteiger partial charge in [0.25, 0.3) is 5.91 Å². The Balaban J connectivity index is 1.74. The van der Waals surface area contributed by atoms with Crippen molar-refractivity contribution in [3.63, 3.8) is 0 Å². The van der Waals surface area contributed by atoms with Crippen molar-refractivity contribution < 1.29 is 18.0 Å². The summed E-state index contributed by atoms with van der Waals surface area (Å²) in [6, 6.07) is 14.8. The molecule has 3 aromatic rings. The summed E-state index contributed by atoms with van der Waals surface area (Å²) in [7, 11) is 0. The van der Waals surface area contributed by atoms with Crippen molar-refractivity contribution in [3.8, 4) is 11.3 Å². The molecular weight excluding hydrogens is 312 g/mol. The van der Waals surface area contributed by atoms with Gasteiger partial charge in [-0.1, -0.05) is 24.3 Å². The van der Waals surface area contributed by atoms with Crippen LogP contribution in [0, 0.1) is 11.6 Å². The maximum absolute atomic E-state index is 13.8. The highest BCUT2D eigenvalue weighted by atomic mass is 19.1. The average molecular weight is 327 g/mol. The zero-order valence-electron chi connectivity index (χ0n) is 12.9. The third-order valence-electron chi connectivity index (χ3n) is 3.69. The molecule has 0 bridgehead atoms. The van der Waals surface area contributed by atoms with Crippen LogP contribution in [0.3, 0.4) is 0 Å². The molecular formula is C19H15F2NO2. The van der Waals surface area contributed by atoms with E-state index in [1.165, 1.54) is 24.3 Å². The third kappa shape index (κ3) is 3.35. The number of furan rings is 1. The molecule has 3 nitrogen and oxygen atoms in total. The number of carbonyl (C=O) groups excluding carboxylic acids is 1. The van der Waals surface area contributed by atoms with Crippen LogP contribution < -0.4 is 5.32 Å². The third-order valence-corrected chi connectivity index (χ3v) is 3.69. The Bertz CT molecular complexity index is 856. The molecule has 1 heterocycles. The number of hydrogen-bond acceptors (Lipinski definition) is 2. The molecule has 0 aliphatic rings. The van der Waals surface area contributed by atoms with Gasteiger partial charge in [0.2, 0.25) is 0 Å². The van der Waals surface area contributed by atoms with E-state index in [4.69, 9.17) is 4.42 Å². The average Bonchev–Trinajstić information content (AvgIpc) is 3.05. The van der Waals surface area contributed by atoms with Gasteiger partial charge in [0, 0.05) is 0 Å². The van der Waals surface area contributed by atoms with Gasteiger partial charge in [-0.15, -0.1) is 0 Å². The van der Waals surface area contributed by atoms with E-state index in [0.717, 1.165) is 5.56 Å². The molecule has 2 aromatic carbocycles. The number of hydrogen-bond donors (Lipinski definition) is 1. The smallest absolute Gasteiger partial charge is 0.287 e. The quantitative estimate of drug-likeness (QED) is 0.753. The fraction of sp³-hybridized carbons (Fsp3) is 0.105. The minimum atomic E-state index is -0.422. The number of carbonyl (C=O) groups is 1. The van der Waals surface area contributed by atoms with Crippen LogP contribution >= 0.6 is 0 Å². The van der Waals surface area contributed by atoms with Crippen molar-refractivity contribution in [2.75, 3.05) is 0 Å². The van der Waals surface area contributed by atoms with Crippen molar-refractivity contribution in [1.29, 1.82) is 0 Å². The highest BCUT2D eigenvalue weighted by Gasteiger charge is 2.16. The monoisotopic (exact) mass is 327 g/mol. The summed E-state index contributed by atoms with van der Waals surface area (Å²) < 4.78 is 32.2. The van der Waals surface area contributed by atoms with Crippen LogP contribution in [0.4, 0.5) is 8.78 Å². The topological polar surface area (TPSA) is 42.2 Å². The number of benzene rings is 2. The first-order chi connectivity index (χ1) is 11.5. The largest absolute Gasteiger partial charge is 0.451 e. The molecule has 1 aromatic heterocycles. The van der Waals surface area contributed by atoms with Gasteiger partial charge in [-0.3, -0.25) is 4.79 Å². The number of halogens is 2. The molecule has 24 heavy (non-hydrogen) atoms. The van der Waals surface area contributed by atoms with Gasteiger partial charge in [0.1, 0.15) is 17.4 Å². The molecule has 0 aliphatic carbocycles. The van der Waals surface area contributed by atoms with Gasteiger partial charge >= 0.3 is 0 Å². The Labute approximate surface area is 137 Å². The van der Waals surface area contributed by atoms with Crippen LogP contribution in [-0.4, -0.2) is 5.91 Å². The lowest BCUT2D eigenvalue weighted by molar-refractivity contribution is 0.0912. The summed E-state index contributed by atoms with van der Waals surface area (Å²) in [5, 5.41) is 2.76. The molecule has 0 radical (unpaired) electrons. The Morgan fingerprint density at radius 3 is 2.42 bits per heavy atom. The molecule has 1 amide bonds. The number of amides is 1. The lowest BCUT2D eigenvalue weighted by Crippen LogP contribution is -2.26. The first-order valence-electron chi connectivity index (χ1n) is 7.45. The first kappa shape index (κ1) is 15.9. The predicted molar refractivity (Wildman–Crippen MR) is 86.4 cm³/mol. The van der Waals surface area contributed by atoms with Gasteiger partial charge in [-0.25, -0.2) is 8.78 Å². The minimum Gasteiger partial charge on any atom is -0.451 e. The van der Waals surface area contributed by atoms with Crippen molar-refractivity contribution >= 4 is 5.91 Å². The molecule has 0 spiro atoms. The Hall–Kier alpha value is -2.95. The summed E-state index contributed by atoms with van der Waals surface area (Å²) in [5.74, 6) is -0.805. The van der Waals surface area contributed by atoms with Crippen molar-refractivity contribution in [2.24, 2.45) is 0 Å². The molecule has 0 saturated carbocycles. The summed E-state index contributed by atoms with van der Waals surface area (Å²) in [4.78, 5) is 12.3. The standard InChI is InChI=1S/C19H15F2NO2/c1-12(13-6-8-14(20)9-7-13)22-19(23)18-11-10-17(24-18)15-4-2-3-5-16(15)21/h2-12H,1H3,(H,22,23)/t12-/m1/s1. The van der Waals surface area contributed by atoms with E-state index in [0.29, 0.717) is 5.56 Å². The molecule has 0 fully saturated rings.